The number of aryl methyl sites for hydroxylation is 1. The van der Waals surface area contributed by atoms with Crippen molar-refractivity contribution in [1.29, 1.82) is 0 Å². The largest absolute Gasteiger partial charge is 0.313 e. The molecule has 0 spiro atoms. The van der Waals surface area contributed by atoms with Gasteiger partial charge in [0.15, 0.2) is 0 Å². The van der Waals surface area contributed by atoms with Gasteiger partial charge in [0.1, 0.15) is 0 Å². The molecule has 1 heterocycles. The second-order valence-electron chi connectivity index (χ2n) is 4.99. The summed E-state index contributed by atoms with van der Waals surface area (Å²) in [5.74, 6) is 0. The van der Waals surface area contributed by atoms with Crippen LogP contribution in [0.25, 0.3) is 0 Å². The summed E-state index contributed by atoms with van der Waals surface area (Å²) in [7, 11) is 0. The Kier molecular flexibility index (Phi) is 2.94. The van der Waals surface area contributed by atoms with E-state index in [0.717, 1.165) is 6.54 Å². The van der Waals surface area contributed by atoms with E-state index in [1.54, 1.807) is 5.56 Å². The average molecular weight is 216 g/mol. The average Bonchev–Trinajstić information content (AvgIpc) is 2.96. The van der Waals surface area contributed by atoms with E-state index < -0.39 is 0 Å². The molecular formula is C14H20N2. The Hall–Kier alpha value is -0.860. The van der Waals surface area contributed by atoms with Gasteiger partial charge in [-0.2, -0.15) is 0 Å². The van der Waals surface area contributed by atoms with Crippen LogP contribution in [-0.2, 0) is 6.42 Å². The van der Waals surface area contributed by atoms with Gasteiger partial charge >= 0.3 is 0 Å². The molecule has 2 heteroatoms. The van der Waals surface area contributed by atoms with Crippen molar-refractivity contribution in [2.24, 2.45) is 0 Å². The number of fused-ring (bicyclic) bond motifs is 1. The highest BCUT2D eigenvalue weighted by molar-refractivity contribution is 5.34. The Bertz CT molecular complexity index is 356. The van der Waals surface area contributed by atoms with Gasteiger partial charge in [0.25, 0.3) is 0 Å². The zero-order chi connectivity index (χ0) is 10.8. The van der Waals surface area contributed by atoms with Crippen molar-refractivity contribution in [3.63, 3.8) is 0 Å². The van der Waals surface area contributed by atoms with Crippen molar-refractivity contribution in [2.75, 3.05) is 13.1 Å². The first-order valence-corrected chi connectivity index (χ1v) is 6.48. The second-order valence-corrected chi connectivity index (χ2v) is 4.99. The lowest BCUT2D eigenvalue weighted by Crippen LogP contribution is -2.35. The van der Waals surface area contributed by atoms with Gasteiger partial charge in [-0.25, -0.2) is 0 Å². The number of nitrogens with one attached hydrogen (secondary N) is 2. The molecule has 0 saturated carbocycles. The number of rotatable bonds is 3. The van der Waals surface area contributed by atoms with Crippen LogP contribution >= 0.6 is 0 Å². The topological polar surface area (TPSA) is 24.1 Å². The summed E-state index contributed by atoms with van der Waals surface area (Å²) >= 11 is 0. The Balaban J connectivity index is 1.60. The van der Waals surface area contributed by atoms with Crippen LogP contribution in [0.5, 0.6) is 0 Å². The van der Waals surface area contributed by atoms with E-state index in [1.807, 2.05) is 0 Å². The van der Waals surface area contributed by atoms with E-state index in [4.69, 9.17) is 0 Å². The van der Waals surface area contributed by atoms with Crippen molar-refractivity contribution < 1.29 is 0 Å². The van der Waals surface area contributed by atoms with Crippen LogP contribution in [0.2, 0.25) is 0 Å². The smallest absolute Gasteiger partial charge is 0.0326 e. The Morgan fingerprint density at radius 1 is 1.25 bits per heavy atom. The van der Waals surface area contributed by atoms with Crippen molar-refractivity contribution >= 4 is 0 Å². The minimum Gasteiger partial charge on any atom is -0.313 e. The number of hydrogen-bond acceptors (Lipinski definition) is 2. The molecule has 2 nitrogen and oxygen atoms in total. The lowest BCUT2D eigenvalue weighted by molar-refractivity contribution is 0.468. The van der Waals surface area contributed by atoms with Gasteiger partial charge in [0.2, 0.25) is 0 Å². The third-order valence-electron chi connectivity index (χ3n) is 3.91. The van der Waals surface area contributed by atoms with Crippen molar-refractivity contribution in [3.8, 4) is 0 Å². The van der Waals surface area contributed by atoms with E-state index >= 15 is 0 Å². The highest BCUT2D eigenvalue weighted by Gasteiger charge is 2.22. The Labute approximate surface area is 97.4 Å². The lowest BCUT2D eigenvalue weighted by Gasteiger charge is -2.17. The minimum atomic E-state index is 0.596. The molecule has 0 amide bonds. The summed E-state index contributed by atoms with van der Waals surface area (Å²) in [5.41, 5.74) is 3.07. The molecule has 1 aliphatic heterocycles. The SMILES string of the molecule is c1ccc2c(c1)CCC2NCC1CCCN1. The fraction of sp³-hybridized carbons (Fsp3) is 0.571. The van der Waals surface area contributed by atoms with Crippen molar-refractivity contribution in [1.82, 2.24) is 10.6 Å². The molecule has 0 radical (unpaired) electrons. The third-order valence-corrected chi connectivity index (χ3v) is 3.91. The van der Waals surface area contributed by atoms with Crippen LogP contribution in [0, 0.1) is 0 Å². The highest BCUT2D eigenvalue weighted by atomic mass is 15.0. The molecule has 3 rings (SSSR count). The van der Waals surface area contributed by atoms with E-state index in [2.05, 4.69) is 34.9 Å². The molecule has 1 aromatic rings. The van der Waals surface area contributed by atoms with Crippen LogP contribution in [0.4, 0.5) is 0 Å². The zero-order valence-electron chi connectivity index (χ0n) is 9.71. The molecule has 2 unspecified atom stereocenters. The predicted octanol–water partition coefficient (Wildman–Crippen LogP) is 2.02. The molecule has 1 aliphatic carbocycles. The van der Waals surface area contributed by atoms with E-state index in [0.29, 0.717) is 12.1 Å². The summed E-state index contributed by atoms with van der Waals surface area (Å²) in [4.78, 5) is 0. The molecule has 1 aromatic carbocycles. The van der Waals surface area contributed by atoms with Crippen LogP contribution < -0.4 is 10.6 Å². The van der Waals surface area contributed by atoms with Gasteiger partial charge in [-0.15, -0.1) is 0 Å². The summed E-state index contributed by atoms with van der Waals surface area (Å²) in [5, 5.41) is 7.26. The maximum absolute atomic E-state index is 3.72. The van der Waals surface area contributed by atoms with Crippen LogP contribution in [-0.4, -0.2) is 19.1 Å². The van der Waals surface area contributed by atoms with Gasteiger partial charge in [-0.1, -0.05) is 24.3 Å². The Morgan fingerprint density at radius 2 is 2.19 bits per heavy atom. The third kappa shape index (κ3) is 2.00. The molecule has 16 heavy (non-hydrogen) atoms. The van der Waals surface area contributed by atoms with Crippen LogP contribution in [0.15, 0.2) is 24.3 Å². The zero-order valence-corrected chi connectivity index (χ0v) is 9.71. The maximum atomic E-state index is 3.72. The van der Waals surface area contributed by atoms with Gasteiger partial charge in [-0.3, -0.25) is 0 Å². The first kappa shape index (κ1) is 10.3. The van der Waals surface area contributed by atoms with Crippen molar-refractivity contribution in [3.05, 3.63) is 35.4 Å². The minimum absolute atomic E-state index is 0.596. The fourth-order valence-electron chi connectivity index (χ4n) is 2.98. The molecule has 86 valence electrons. The number of benzene rings is 1. The standard InChI is InChI=1S/C14H20N2/c1-2-6-13-11(4-1)7-8-14(13)16-10-12-5-3-9-15-12/h1-2,4,6,12,14-16H,3,5,7-10H2. The molecular weight excluding hydrogens is 196 g/mol. The van der Waals surface area contributed by atoms with Gasteiger partial charge in [-0.05, 0) is 43.4 Å². The van der Waals surface area contributed by atoms with Gasteiger partial charge in [0.05, 0.1) is 0 Å². The maximum Gasteiger partial charge on any atom is 0.0326 e. The molecule has 2 N–H and O–H groups in total. The highest BCUT2D eigenvalue weighted by Crippen LogP contribution is 2.30. The van der Waals surface area contributed by atoms with Gasteiger partial charge in [0, 0.05) is 18.6 Å². The van der Waals surface area contributed by atoms with E-state index in [1.165, 1.54) is 37.8 Å². The Morgan fingerprint density at radius 3 is 3.06 bits per heavy atom. The first-order valence-electron chi connectivity index (χ1n) is 6.48. The molecule has 0 bridgehead atoms. The van der Waals surface area contributed by atoms with E-state index in [9.17, 15) is 0 Å². The molecule has 0 aromatic heterocycles. The van der Waals surface area contributed by atoms with Crippen LogP contribution in [0.1, 0.15) is 36.4 Å². The summed E-state index contributed by atoms with van der Waals surface area (Å²) < 4.78 is 0. The summed E-state index contributed by atoms with van der Waals surface area (Å²) in [6.45, 7) is 2.33. The first-order chi connectivity index (χ1) is 7.93. The molecule has 2 aliphatic rings. The molecule has 1 saturated heterocycles. The second kappa shape index (κ2) is 4.56. The van der Waals surface area contributed by atoms with Crippen molar-refractivity contribution in [2.45, 2.75) is 37.8 Å². The normalized spacial score (nSPS) is 28.2. The van der Waals surface area contributed by atoms with E-state index in [-0.39, 0.29) is 0 Å². The summed E-state index contributed by atoms with van der Waals surface area (Å²) in [6.07, 6.45) is 5.19. The molecule has 1 fully saturated rings. The quantitative estimate of drug-likeness (QED) is 0.807. The number of hydrogen-bond donors (Lipinski definition) is 2. The van der Waals surface area contributed by atoms with Crippen LogP contribution in [0.3, 0.4) is 0 Å². The molecule has 2 atom stereocenters. The monoisotopic (exact) mass is 216 g/mol. The predicted molar refractivity (Wildman–Crippen MR) is 66.5 cm³/mol. The summed E-state index contributed by atoms with van der Waals surface area (Å²) in [6, 6.07) is 10.2. The van der Waals surface area contributed by atoms with Gasteiger partial charge < -0.3 is 10.6 Å². The lowest BCUT2D eigenvalue weighted by atomic mass is 10.1. The fourth-order valence-corrected chi connectivity index (χ4v) is 2.98.